The largest absolute Gasteiger partial charge is 0.390 e. The van der Waals surface area contributed by atoms with Crippen molar-refractivity contribution in [1.82, 2.24) is 0 Å². The molecule has 0 aromatic heterocycles. The number of rotatable bonds is 5. The monoisotopic (exact) mass is 212 g/mol. The fourth-order valence-electron chi connectivity index (χ4n) is 2.60. The lowest BCUT2D eigenvalue weighted by atomic mass is 9.82. The minimum atomic E-state index is -0.379. The first kappa shape index (κ1) is 12.7. The predicted octanol–water partition coefficient (Wildman–Crippen LogP) is 2.91. The van der Waals surface area contributed by atoms with Crippen LogP contribution in [-0.2, 0) is 4.74 Å². The van der Waals surface area contributed by atoms with Crippen LogP contribution in [0, 0.1) is 5.92 Å². The summed E-state index contributed by atoms with van der Waals surface area (Å²) in [4.78, 5) is 0. The minimum Gasteiger partial charge on any atom is -0.390 e. The highest BCUT2D eigenvalue weighted by Crippen LogP contribution is 2.30. The van der Waals surface area contributed by atoms with Crippen molar-refractivity contribution in [3.8, 4) is 0 Å². The molecular formula is C13H24O2. The van der Waals surface area contributed by atoms with Gasteiger partial charge in [-0.3, -0.25) is 0 Å². The summed E-state index contributed by atoms with van der Waals surface area (Å²) in [6.45, 7) is 5.80. The molecule has 1 rings (SSSR count). The number of ether oxygens (including phenoxy) is 1. The van der Waals surface area contributed by atoms with E-state index in [1.807, 2.05) is 6.92 Å². The Kier molecular flexibility index (Phi) is 5.34. The van der Waals surface area contributed by atoms with Gasteiger partial charge in [0, 0.05) is 7.11 Å². The zero-order chi connectivity index (χ0) is 11.3. The fraction of sp³-hybridized carbons (Fsp3) is 0.846. The van der Waals surface area contributed by atoms with Crippen LogP contribution in [-0.4, -0.2) is 24.4 Å². The summed E-state index contributed by atoms with van der Waals surface area (Å²) >= 11 is 0. The molecule has 2 unspecified atom stereocenters. The minimum absolute atomic E-state index is 0.00185. The van der Waals surface area contributed by atoms with Crippen LogP contribution in [0.2, 0.25) is 0 Å². The highest BCUT2D eigenvalue weighted by atomic mass is 16.5. The first-order chi connectivity index (χ1) is 7.15. The first-order valence-electron chi connectivity index (χ1n) is 6.00. The summed E-state index contributed by atoms with van der Waals surface area (Å²) in [5.41, 5.74) is 1.03. The van der Waals surface area contributed by atoms with E-state index in [0.717, 1.165) is 5.57 Å². The lowest BCUT2D eigenvalue weighted by molar-refractivity contribution is -0.0534. The molecule has 15 heavy (non-hydrogen) atoms. The highest BCUT2D eigenvalue weighted by Gasteiger charge is 2.29. The maximum absolute atomic E-state index is 10.0. The second kappa shape index (κ2) is 6.29. The summed E-state index contributed by atoms with van der Waals surface area (Å²) in [6.07, 6.45) is 6.59. The van der Waals surface area contributed by atoms with Gasteiger partial charge >= 0.3 is 0 Å². The third-order valence-corrected chi connectivity index (χ3v) is 3.32. The molecule has 2 heteroatoms. The topological polar surface area (TPSA) is 29.5 Å². The number of methoxy groups -OCH3 is 1. The molecule has 0 aromatic carbocycles. The zero-order valence-electron chi connectivity index (χ0n) is 10.0. The second-order valence-electron chi connectivity index (χ2n) is 4.83. The molecule has 0 spiro atoms. The van der Waals surface area contributed by atoms with Crippen molar-refractivity contribution in [2.24, 2.45) is 5.92 Å². The van der Waals surface area contributed by atoms with Gasteiger partial charge in [0.15, 0.2) is 0 Å². The van der Waals surface area contributed by atoms with Crippen LogP contribution in [0.1, 0.15) is 45.4 Å². The molecule has 1 saturated carbocycles. The summed E-state index contributed by atoms with van der Waals surface area (Å²) in [5, 5.41) is 10.0. The normalized spacial score (nSPS) is 22.3. The summed E-state index contributed by atoms with van der Waals surface area (Å²) in [6, 6.07) is 0. The zero-order valence-corrected chi connectivity index (χ0v) is 10.0. The van der Waals surface area contributed by atoms with E-state index < -0.39 is 0 Å². The van der Waals surface area contributed by atoms with Gasteiger partial charge in [-0.15, -0.1) is 6.58 Å². The van der Waals surface area contributed by atoms with E-state index in [0.29, 0.717) is 12.3 Å². The quantitative estimate of drug-likeness (QED) is 0.710. The van der Waals surface area contributed by atoms with Crippen molar-refractivity contribution < 1.29 is 9.84 Å². The molecule has 1 aliphatic carbocycles. The highest BCUT2D eigenvalue weighted by molar-refractivity contribution is 4.94. The Bertz CT molecular complexity index is 195. The second-order valence-corrected chi connectivity index (χ2v) is 4.83. The Morgan fingerprint density at radius 3 is 2.47 bits per heavy atom. The summed E-state index contributed by atoms with van der Waals surface area (Å²) in [5.74, 6) is 0.540. The van der Waals surface area contributed by atoms with Crippen LogP contribution in [0.4, 0.5) is 0 Å². The number of hydrogen-bond donors (Lipinski definition) is 1. The van der Waals surface area contributed by atoms with E-state index >= 15 is 0 Å². The predicted molar refractivity (Wildman–Crippen MR) is 62.8 cm³/mol. The average molecular weight is 212 g/mol. The maximum atomic E-state index is 10.0. The van der Waals surface area contributed by atoms with E-state index in [9.17, 15) is 5.11 Å². The smallest absolute Gasteiger partial charge is 0.0861 e. The number of aliphatic hydroxyl groups excluding tert-OH is 1. The van der Waals surface area contributed by atoms with Gasteiger partial charge in [-0.2, -0.15) is 0 Å². The van der Waals surface area contributed by atoms with Gasteiger partial charge in [-0.25, -0.2) is 0 Å². The van der Waals surface area contributed by atoms with Gasteiger partial charge in [0.25, 0.3) is 0 Å². The molecule has 1 N–H and O–H groups in total. The first-order valence-corrected chi connectivity index (χ1v) is 6.00. The van der Waals surface area contributed by atoms with Gasteiger partial charge in [0.1, 0.15) is 0 Å². The van der Waals surface area contributed by atoms with E-state index in [-0.39, 0.29) is 12.2 Å². The molecule has 2 nitrogen and oxygen atoms in total. The lowest BCUT2D eigenvalue weighted by Crippen LogP contribution is -2.36. The van der Waals surface area contributed by atoms with E-state index in [4.69, 9.17) is 4.74 Å². The molecule has 1 fully saturated rings. The molecule has 88 valence electrons. The molecule has 0 aliphatic heterocycles. The van der Waals surface area contributed by atoms with Crippen LogP contribution < -0.4 is 0 Å². The van der Waals surface area contributed by atoms with E-state index in [1.165, 1.54) is 32.1 Å². The van der Waals surface area contributed by atoms with Crippen LogP contribution in [0.5, 0.6) is 0 Å². The van der Waals surface area contributed by atoms with E-state index in [2.05, 4.69) is 6.58 Å². The van der Waals surface area contributed by atoms with Gasteiger partial charge in [-0.05, 0) is 32.1 Å². The SMILES string of the molecule is C=C(C)CC(O)C(OC)C1CCCCC1. The molecule has 0 bridgehead atoms. The van der Waals surface area contributed by atoms with Gasteiger partial charge in [-0.1, -0.05) is 24.8 Å². The van der Waals surface area contributed by atoms with Crippen LogP contribution in [0.25, 0.3) is 0 Å². The maximum Gasteiger partial charge on any atom is 0.0861 e. The Balaban J connectivity index is 2.48. The standard InChI is InChI=1S/C13H24O2/c1-10(2)9-12(14)13(15-3)11-7-5-4-6-8-11/h11-14H,1,4-9H2,2-3H3. The molecule has 0 saturated heterocycles. The average Bonchev–Trinajstić information content (AvgIpc) is 2.19. The molecular weight excluding hydrogens is 188 g/mol. The van der Waals surface area contributed by atoms with Gasteiger partial charge in [0.05, 0.1) is 12.2 Å². The van der Waals surface area contributed by atoms with Crippen LogP contribution in [0.3, 0.4) is 0 Å². The van der Waals surface area contributed by atoms with Gasteiger partial charge in [0.2, 0.25) is 0 Å². The molecule has 0 heterocycles. The van der Waals surface area contributed by atoms with Crippen LogP contribution >= 0.6 is 0 Å². The van der Waals surface area contributed by atoms with Gasteiger partial charge < -0.3 is 9.84 Å². The Morgan fingerprint density at radius 2 is 2.00 bits per heavy atom. The van der Waals surface area contributed by atoms with Crippen molar-refractivity contribution >= 4 is 0 Å². The Hall–Kier alpha value is -0.340. The third kappa shape index (κ3) is 3.96. The summed E-state index contributed by atoms with van der Waals surface area (Å²) < 4.78 is 5.46. The molecule has 2 atom stereocenters. The van der Waals surface area contributed by atoms with Crippen molar-refractivity contribution in [2.45, 2.75) is 57.7 Å². The van der Waals surface area contributed by atoms with Crippen molar-refractivity contribution in [1.29, 1.82) is 0 Å². The molecule has 0 radical (unpaired) electrons. The Morgan fingerprint density at radius 1 is 1.40 bits per heavy atom. The molecule has 1 aliphatic rings. The summed E-state index contributed by atoms with van der Waals surface area (Å²) in [7, 11) is 1.71. The van der Waals surface area contributed by atoms with E-state index in [1.54, 1.807) is 7.11 Å². The van der Waals surface area contributed by atoms with Crippen molar-refractivity contribution in [2.75, 3.05) is 7.11 Å². The fourth-order valence-corrected chi connectivity index (χ4v) is 2.60. The van der Waals surface area contributed by atoms with Crippen LogP contribution in [0.15, 0.2) is 12.2 Å². The molecule has 0 amide bonds. The number of aliphatic hydroxyl groups is 1. The van der Waals surface area contributed by atoms with Crippen molar-refractivity contribution in [3.05, 3.63) is 12.2 Å². The van der Waals surface area contributed by atoms with Crippen molar-refractivity contribution in [3.63, 3.8) is 0 Å². The Labute approximate surface area is 93.3 Å². The lowest BCUT2D eigenvalue weighted by Gasteiger charge is -2.32. The number of hydrogen-bond acceptors (Lipinski definition) is 2. The third-order valence-electron chi connectivity index (χ3n) is 3.32. The molecule has 0 aromatic rings.